The molecule has 25 heavy (non-hydrogen) atoms. The number of aromatic amines is 1. The Morgan fingerprint density at radius 2 is 2.20 bits per heavy atom. The van der Waals surface area contributed by atoms with Gasteiger partial charge in [0.15, 0.2) is 0 Å². The lowest BCUT2D eigenvalue weighted by molar-refractivity contribution is -0.119. The van der Waals surface area contributed by atoms with Gasteiger partial charge in [0.05, 0.1) is 16.9 Å². The van der Waals surface area contributed by atoms with E-state index in [0.717, 1.165) is 41.9 Å². The van der Waals surface area contributed by atoms with E-state index in [1.165, 1.54) is 11.6 Å². The average Bonchev–Trinajstić information content (AvgIpc) is 3.15. The van der Waals surface area contributed by atoms with Crippen LogP contribution < -0.4 is 4.72 Å². The van der Waals surface area contributed by atoms with Crippen LogP contribution in [0.3, 0.4) is 0 Å². The molecular weight excluding hydrogens is 405 g/mol. The fraction of sp³-hybridized carbons (Fsp3) is 0.333. The molecule has 6 nitrogen and oxygen atoms in total. The number of nitrogens with zero attached hydrogens (tertiary/aromatic N) is 1. The third-order valence-electron chi connectivity index (χ3n) is 3.83. The fourth-order valence-corrected chi connectivity index (χ4v) is 5.56. The summed E-state index contributed by atoms with van der Waals surface area (Å²) in [5, 5.41) is 7.17. The molecule has 0 bridgehead atoms. The van der Waals surface area contributed by atoms with Crippen molar-refractivity contribution in [2.24, 2.45) is 0 Å². The van der Waals surface area contributed by atoms with Crippen molar-refractivity contribution in [3.05, 3.63) is 39.0 Å². The van der Waals surface area contributed by atoms with Gasteiger partial charge >= 0.3 is 0 Å². The van der Waals surface area contributed by atoms with Crippen molar-refractivity contribution in [3.8, 4) is 0 Å². The van der Waals surface area contributed by atoms with E-state index < -0.39 is 15.9 Å². The Bertz CT molecular complexity index is 912. The van der Waals surface area contributed by atoms with Gasteiger partial charge in [0, 0.05) is 6.42 Å². The Morgan fingerprint density at radius 3 is 2.92 bits per heavy atom. The predicted molar refractivity (Wildman–Crippen MR) is 98.4 cm³/mol. The van der Waals surface area contributed by atoms with Gasteiger partial charge in [-0.2, -0.15) is 5.10 Å². The van der Waals surface area contributed by atoms with Crippen LogP contribution in [0.1, 0.15) is 36.9 Å². The second-order valence-electron chi connectivity index (χ2n) is 5.61. The Balaban J connectivity index is 1.60. The molecule has 3 rings (SSSR count). The van der Waals surface area contributed by atoms with E-state index in [2.05, 4.69) is 10.2 Å². The van der Waals surface area contributed by atoms with Gasteiger partial charge < -0.3 is 0 Å². The lowest BCUT2D eigenvalue weighted by atomic mass is 9.92. The zero-order valence-electron chi connectivity index (χ0n) is 13.0. The quantitative estimate of drug-likeness (QED) is 0.770. The molecule has 0 aliphatic heterocycles. The Hall–Kier alpha value is -1.35. The van der Waals surface area contributed by atoms with Crippen LogP contribution in [0.4, 0.5) is 0 Å². The minimum atomic E-state index is -3.94. The SMILES string of the molecule is O=C(CCC=C1CCCc2cn[nH]c21)NS(=O)(=O)c1cc(Cl)c(Cl)s1. The van der Waals surface area contributed by atoms with Crippen molar-refractivity contribution in [1.82, 2.24) is 14.9 Å². The van der Waals surface area contributed by atoms with Crippen molar-refractivity contribution in [2.75, 3.05) is 0 Å². The van der Waals surface area contributed by atoms with Gasteiger partial charge in [-0.05, 0) is 42.9 Å². The summed E-state index contributed by atoms with van der Waals surface area (Å²) in [5.74, 6) is -0.571. The second-order valence-corrected chi connectivity index (χ2v) is 9.58. The molecule has 2 heterocycles. The first-order chi connectivity index (χ1) is 11.9. The highest BCUT2D eigenvalue weighted by molar-refractivity contribution is 7.92. The lowest BCUT2D eigenvalue weighted by Gasteiger charge is -2.14. The van der Waals surface area contributed by atoms with Gasteiger partial charge in [-0.15, -0.1) is 11.3 Å². The molecule has 2 aromatic heterocycles. The Labute approximate surface area is 159 Å². The van der Waals surface area contributed by atoms with E-state index in [4.69, 9.17) is 23.2 Å². The molecule has 1 amide bonds. The molecule has 10 heteroatoms. The molecule has 0 radical (unpaired) electrons. The number of thiophene rings is 1. The largest absolute Gasteiger partial charge is 0.278 e. The maximum atomic E-state index is 12.1. The Morgan fingerprint density at radius 1 is 1.40 bits per heavy atom. The molecule has 0 fully saturated rings. The van der Waals surface area contributed by atoms with Crippen LogP contribution in [0, 0.1) is 0 Å². The molecule has 134 valence electrons. The maximum absolute atomic E-state index is 12.1. The molecule has 0 saturated carbocycles. The first kappa shape index (κ1) is 18.4. The third kappa shape index (κ3) is 4.25. The number of amides is 1. The van der Waals surface area contributed by atoms with Gasteiger partial charge in [0.2, 0.25) is 5.91 Å². The van der Waals surface area contributed by atoms with Crippen LogP contribution in [-0.4, -0.2) is 24.5 Å². The number of allylic oxidation sites excluding steroid dienone is 2. The number of carbonyl (C=O) groups is 1. The Kier molecular flexibility index (Phi) is 5.52. The average molecular weight is 420 g/mol. The first-order valence-corrected chi connectivity index (χ1v) is 10.6. The van der Waals surface area contributed by atoms with E-state index in [-0.39, 0.29) is 20.0 Å². The molecular formula is C15H15Cl2N3O3S2. The summed E-state index contributed by atoms with van der Waals surface area (Å²) in [4.78, 5) is 12.0. The number of carbonyl (C=O) groups excluding carboxylic acids is 1. The highest BCUT2D eigenvalue weighted by Crippen LogP contribution is 2.34. The summed E-state index contributed by atoms with van der Waals surface area (Å²) in [6, 6.07) is 1.23. The number of aromatic nitrogens is 2. The van der Waals surface area contributed by atoms with Crippen LogP contribution in [0.2, 0.25) is 9.36 Å². The van der Waals surface area contributed by atoms with E-state index in [9.17, 15) is 13.2 Å². The molecule has 0 atom stereocenters. The molecule has 0 unspecified atom stereocenters. The summed E-state index contributed by atoms with van der Waals surface area (Å²) in [7, 11) is -3.94. The van der Waals surface area contributed by atoms with Gasteiger partial charge in [-0.25, -0.2) is 13.1 Å². The van der Waals surface area contributed by atoms with Crippen LogP contribution in [0.15, 0.2) is 22.5 Å². The summed E-state index contributed by atoms with van der Waals surface area (Å²) in [6.45, 7) is 0. The number of rotatable bonds is 5. The van der Waals surface area contributed by atoms with E-state index >= 15 is 0 Å². The lowest BCUT2D eigenvalue weighted by Crippen LogP contribution is -2.29. The smallest absolute Gasteiger partial charge is 0.273 e. The molecule has 0 saturated heterocycles. The fourth-order valence-electron chi connectivity index (χ4n) is 2.66. The van der Waals surface area contributed by atoms with Gasteiger partial charge in [-0.3, -0.25) is 9.89 Å². The van der Waals surface area contributed by atoms with Crippen molar-refractivity contribution in [1.29, 1.82) is 0 Å². The van der Waals surface area contributed by atoms with Gasteiger partial charge in [0.25, 0.3) is 10.0 Å². The van der Waals surface area contributed by atoms with E-state index in [1.54, 1.807) is 0 Å². The standard InChI is InChI=1S/C15H15Cl2N3O3S2/c16-11-7-13(24-15(11)17)25(22,23)20-12(21)6-2-4-9-3-1-5-10-8-18-19-14(9)10/h4,7-8H,1-3,5-6H2,(H,18,19)(H,20,21). The van der Waals surface area contributed by atoms with Crippen molar-refractivity contribution in [2.45, 2.75) is 36.3 Å². The van der Waals surface area contributed by atoms with Crippen molar-refractivity contribution in [3.63, 3.8) is 0 Å². The molecule has 2 aromatic rings. The highest BCUT2D eigenvalue weighted by Gasteiger charge is 2.21. The molecule has 1 aliphatic carbocycles. The van der Waals surface area contributed by atoms with Crippen LogP contribution in [-0.2, 0) is 21.2 Å². The summed E-state index contributed by atoms with van der Waals surface area (Å²) >= 11 is 12.3. The second kappa shape index (κ2) is 7.49. The first-order valence-electron chi connectivity index (χ1n) is 7.59. The van der Waals surface area contributed by atoms with Crippen LogP contribution >= 0.6 is 34.5 Å². The van der Waals surface area contributed by atoms with E-state index in [1.807, 2.05) is 17.0 Å². The van der Waals surface area contributed by atoms with Gasteiger partial charge in [0.1, 0.15) is 8.55 Å². The number of fused-ring (bicyclic) bond motifs is 1. The zero-order valence-corrected chi connectivity index (χ0v) is 16.2. The molecule has 1 aliphatic rings. The molecule has 0 spiro atoms. The summed E-state index contributed by atoms with van der Waals surface area (Å²) in [6.07, 6.45) is 7.24. The highest BCUT2D eigenvalue weighted by atomic mass is 35.5. The summed E-state index contributed by atoms with van der Waals surface area (Å²) in [5.41, 5.74) is 3.31. The monoisotopic (exact) mass is 419 g/mol. The number of hydrogen-bond donors (Lipinski definition) is 2. The molecule has 0 aromatic carbocycles. The number of hydrogen-bond acceptors (Lipinski definition) is 5. The van der Waals surface area contributed by atoms with Crippen LogP contribution in [0.5, 0.6) is 0 Å². The zero-order chi connectivity index (χ0) is 18.0. The van der Waals surface area contributed by atoms with Crippen molar-refractivity contribution < 1.29 is 13.2 Å². The van der Waals surface area contributed by atoms with E-state index in [0.29, 0.717) is 6.42 Å². The number of nitrogens with one attached hydrogen (secondary N) is 2. The number of sulfonamides is 1. The normalized spacial score (nSPS) is 16.0. The minimum absolute atomic E-state index is 0.0685. The summed E-state index contributed by atoms with van der Waals surface area (Å²) < 4.78 is 26.4. The predicted octanol–water partition coefficient (Wildman–Crippen LogP) is 3.78. The number of halogens is 2. The van der Waals surface area contributed by atoms with Crippen LogP contribution in [0.25, 0.3) is 5.57 Å². The number of H-pyrrole nitrogens is 1. The maximum Gasteiger partial charge on any atom is 0.273 e. The van der Waals surface area contributed by atoms with Crippen molar-refractivity contribution >= 4 is 56.0 Å². The minimum Gasteiger partial charge on any atom is -0.278 e. The van der Waals surface area contributed by atoms with Gasteiger partial charge in [-0.1, -0.05) is 29.3 Å². The topological polar surface area (TPSA) is 91.9 Å². The number of aryl methyl sites for hydroxylation is 1. The third-order valence-corrected chi connectivity index (χ3v) is 7.54. The molecule has 2 N–H and O–H groups in total.